The lowest BCUT2D eigenvalue weighted by Gasteiger charge is -2.19. The lowest BCUT2D eigenvalue weighted by atomic mass is 10.0. The van der Waals surface area contributed by atoms with Crippen LogP contribution in [0.2, 0.25) is 5.02 Å². The molecule has 0 spiro atoms. The van der Waals surface area contributed by atoms with Crippen molar-refractivity contribution in [3.63, 3.8) is 0 Å². The summed E-state index contributed by atoms with van der Waals surface area (Å²) in [5.41, 5.74) is 2.39. The third-order valence-corrected chi connectivity index (χ3v) is 3.53. The first-order chi connectivity index (χ1) is 9.45. The zero-order chi connectivity index (χ0) is 14.9. The summed E-state index contributed by atoms with van der Waals surface area (Å²) in [6, 6.07) is 5.58. The van der Waals surface area contributed by atoms with Crippen LogP contribution in [0.1, 0.15) is 42.8 Å². The van der Waals surface area contributed by atoms with Gasteiger partial charge in [-0.2, -0.15) is 5.10 Å². The third-order valence-electron chi connectivity index (χ3n) is 3.29. The molecule has 0 saturated heterocycles. The van der Waals surface area contributed by atoms with Gasteiger partial charge in [0.05, 0.1) is 13.3 Å². The second-order valence-corrected chi connectivity index (χ2v) is 5.48. The van der Waals surface area contributed by atoms with E-state index >= 15 is 0 Å². The van der Waals surface area contributed by atoms with Gasteiger partial charge in [0.1, 0.15) is 11.8 Å². The van der Waals surface area contributed by atoms with Crippen LogP contribution >= 0.6 is 11.6 Å². The van der Waals surface area contributed by atoms with E-state index in [-0.39, 0.29) is 6.04 Å². The smallest absolute Gasteiger partial charge is 0.163 e. The quantitative estimate of drug-likeness (QED) is 0.938. The lowest BCUT2D eigenvalue weighted by Crippen LogP contribution is -2.13. The number of hydrogen-bond donors (Lipinski definition) is 1. The van der Waals surface area contributed by atoms with Crippen LogP contribution in [0.25, 0.3) is 0 Å². The van der Waals surface area contributed by atoms with Crippen molar-refractivity contribution in [1.29, 1.82) is 0 Å². The van der Waals surface area contributed by atoms with Crippen molar-refractivity contribution in [2.24, 2.45) is 0 Å². The molecule has 20 heavy (non-hydrogen) atoms. The predicted octanol–water partition coefficient (Wildman–Crippen LogP) is 3.52. The van der Waals surface area contributed by atoms with Crippen LogP contribution in [0.15, 0.2) is 24.4 Å². The average Bonchev–Trinajstić information content (AvgIpc) is 2.81. The van der Waals surface area contributed by atoms with Crippen LogP contribution in [0.4, 0.5) is 0 Å². The fourth-order valence-corrected chi connectivity index (χ4v) is 2.50. The summed E-state index contributed by atoms with van der Waals surface area (Å²) < 4.78 is 7.09. The molecule has 0 saturated carbocycles. The van der Waals surface area contributed by atoms with Crippen molar-refractivity contribution in [2.75, 3.05) is 7.11 Å². The highest BCUT2D eigenvalue weighted by molar-refractivity contribution is 6.30. The van der Waals surface area contributed by atoms with E-state index in [1.807, 2.05) is 32.9 Å². The summed E-state index contributed by atoms with van der Waals surface area (Å²) in [5, 5.41) is 15.7. The van der Waals surface area contributed by atoms with Gasteiger partial charge in [0.25, 0.3) is 0 Å². The molecule has 0 fully saturated rings. The van der Waals surface area contributed by atoms with Gasteiger partial charge < -0.3 is 9.84 Å². The molecule has 1 aromatic carbocycles. The van der Waals surface area contributed by atoms with E-state index in [0.717, 1.165) is 11.1 Å². The molecule has 1 N–H and O–H groups in total. The lowest BCUT2D eigenvalue weighted by molar-refractivity contribution is 0.199. The summed E-state index contributed by atoms with van der Waals surface area (Å²) in [5.74, 6) is 0.584. The first-order valence-electron chi connectivity index (χ1n) is 6.51. The van der Waals surface area contributed by atoms with Gasteiger partial charge in [-0.15, -0.1) is 0 Å². The number of methoxy groups -OCH3 is 1. The Kier molecular flexibility index (Phi) is 4.35. The fourth-order valence-electron chi connectivity index (χ4n) is 2.28. The van der Waals surface area contributed by atoms with Gasteiger partial charge >= 0.3 is 0 Å². The Hall–Kier alpha value is -1.52. The molecule has 0 amide bonds. The maximum absolute atomic E-state index is 10.7. The minimum absolute atomic E-state index is 0.135. The summed E-state index contributed by atoms with van der Waals surface area (Å²) in [6.45, 7) is 5.95. The van der Waals surface area contributed by atoms with E-state index < -0.39 is 6.10 Å². The topological polar surface area (TPSA) is 47.3 Å². The first-order valence-corrected chi connectivity index (χ1v) is 6.89. The number of ether oxygens (including phenoxy) is 1. The Labute approximate surface area is 123 Å². The van der Waals surface area contributed by atoms with E-state index in [2.05, 4.69) is 5.10 Å². The molecule has 1 atom stereocenters. The highest BCUT2D eigenvalue weighted by atomic mass is 35.5. The van der Waals surface area contributed by atoms with Crippen molar-refractivity contribution < 1.29 is 9.84 Å². The number of nitrogens with zero attached hydrogens (tertiary/aromatic N) is 2. The molecule has 4 nitrogen and oxygen atoms in total. The molecule has 1 unspecified atom stereocenters. The highest BCUT2D eigenvalue weighted by Crippen LogP contribution is 2.33. The van der Waals surface area contributed by atoms with E-state index in [1.54, 1.807) is 24.1 Å². The summed E-state index contributed by atoms with van der Waals surface area (Å²) in [6.07, 6.45) is 0.830. The van der Waals surface area contributed by atoms with Gasteiger partial charge in [0.15, 0.2) is 5.75 Å². The van der Waals surface area contributed by atoms with Crippen molar-refractivity contribution >= 4 is 11.6 Å². The van der Waals surface area contributed by atoms with Crippen LogP contribution in [0, 0.1) is 6.92 Å². The molecule has 0 aliphatic rings. The minimum Gasteiger partial charge on any atom is -0.493 e. The minimum atomic E-state index is -0.799. The largest absolute Gasteiger partial charge is 0.493 e. The summed E-state index contributed by atoms with van der Waals surface area (Å²) >= 11 is 5.96. The number of benzene rings is 1. The molecule has 108 valence electrons. The Bertz CT molecular complexity index is 608. The molecule has 0 radical (unpaired) electrons. The number of aromatic nitrogens is 2. The summed E-state index contributed by atoms with van der Waals surface area (Å²) in [7, 11) is 1.58. The number of rotatable bonds is 4. The van der Waals surface area contributed by atoms with Crippen molar-refractivity contribution in [1.82, 2.24) is 9.78 Å². The van der Waals surface area contributed by atoms with Crippen LogP contribution in [-0.2, 0) is 0 Å². The number of aryl methyl sites for hydroxylation is 1. The Morgan fingerprint density at radius 3 is 2.60 bits per heavy atom. The van der Waals surface area contributed by atoms with E-state index in [9.17, 15) is 5.11 Å². The Morgan fingerprint density at radius 1 is 1.35 bits per heavy atom. The fraction of sp³-hybridized carbons (Fsp3) is 0.400. The molecular weight excluding hydrogens is 276 g/mol. The maximum Gasteiger partial charge on any atom is 0.163 e. The van der Waals surface area contributed by atoms with Gasteiger partial charge in [-0.25, -0.2) is 0 Å². The van der Waals surface area contributed by atoms with Gasteiger partial charge in [-0.05, 0) is 44.0 Å². The maximum atomic E-state index is 10.7. The first kappa shape index (κ1) is 14.9. The molecule has 5 heteroatoms. The third kappa shape index (κ3) is 2.67. The van der Waals surface area contributed by atoms with Gasteiger partial charge in [0, 0.05) is 11.1 Å². The van der Waals surface area contributed by atoms with Crippen molar-refractivity contribution in [3.05, 3.63) is 46.2 Å². The Morgan fingerprint density at radius 2 is 2.05 bits per heavy atom. The number of hydrogen-bond acceptors (Lipinski definition) is 3. The normalized spacial score (nSPS) is 12.8. The van der Waals surface area contributed by atoms with Crippen LogP contribution in [0.3, 0.4) is 0 Å². The van der Waals surface area contributed by atoms with E-state index in [0.29, 0.717) is 16.5 Å². The predicted molar refractivity (Wildman–Crippen MR) is 79.4 cm³/mol. The SMILES string of the molecule is COc1cnn(C(C)C)c1C(O)c1ccc(Cl)cc1C. The second kappa shape index (κ2) is 5.85. The molecule has 2 aromatic rings. The number of halogens is 1. The van der Waals surface area contributed by atoms with Crippen LogP contribution in [0.5, 0.6) is 5.75 Å². The van der Waals surface area contributed by atoms with Crippen molar-refractivity contribution in [2.45, 2.75) is 32.9 Å². The zero-order valence-corrected chi connectivity index (χ0v) is 12.8. The second-order valence-electron chi connectivity index (χ2n) is 5.04. The molecular formula is C15H19ClN2O2. The molecule has 0 aliphatic heterocycles. The van der Waals surface area contributed by atoms with Gasteiger partial charge in [-0.1, -0.05) is 17.7 Å². The average molecular weight is 295 g/mol. The highest BCUT2D eigenvalue weighted by Gasteiger charge is 2.24. The van der Waals surface area contributed by atoms with Crippen molar-refractivity contribution in [3.8, 4) is 5.75 Å². The zero-order valence-electron chi connectivity index (χ0n) is 12.1. The van der Waals surface area contributed by atoms with E-state index in [1.165, 1.54) is 0 Å². The standard InChI is InChI=1S/C15H19ClN2O2/c1-9(2)18-14(13(20-4)8-17-18)15(19)12-6-5-11(16)7-10(12)3/h5-9,15,19H,1-4H3. The summed E-state index contributed by atoms with van der Waals surface area (Å²) in [4.78, 5) is 0. The van der Waals surface area contributed by atoms with Crippen LogP contribution in [-0.4, -0.2) is 22.0 Å². The molecule has 0 bridgehead atoms. The number of aliphatic hydroxyl groups is 1. The van der Waals surface area contributed by atoms with Crippen LogP contribution < -0.4 is 4.74 Å². The Balaban J connectivity index is 2.52. The number of aliphatic hydroxyl groups excluding tert-OH is 1. The molecule has 1 heterocycles. The van der Waals surface area contributed by atoms with E-state index in [4.69, 9.17) is 16.3 Å². The molecule has 1 aromatic heterocycles. The molecule has 0 aliphatic carbocycles. The van der Waals surface area contributed by atoms with Gasteiger partial charge in [-0.3, -0.25) is 4.68 Å². The monoisotopic (exact) mass is 294 g/mol. The molecule has 2 rings (SSSR count). The van der Waals surface area contributed by atoms with Gasteiger partial charge in [0.2, 0.25) is 0 Å².